The van der Waals surface area contributed by atoms with Gasteiger partial charge in [0.05, 0.1) is 17.7 Å². The van der Waals surface area contributed by atoms with Crippen molar-refractivity contribution in [1.82, 2.24) is 0 Å². The molecule has 1 heterocycles. The number of carbonyl (C=O) groups is 1. The van der Waals surface area contributed by atoms with Gasteiger partial charge >= 0.3 is 5.97 Å². The van der Waals surface area contributed by atoms with Gasteiger partial charge in [-0.25, -0.2) is 4.79 Å². The summed E-state index contributed by atoms with van der Waals surface area (Å²) in [6, 6.07) is 36.2. The molecule has 0 radical (unpaired) electrons. The van der Waals surface area contributed by atoms with Crippen LogP contribution >= 0.6 is 0 Å². The van der Waals surface area contributed by atoms with Crippen molar-refractivity contribution in [1.29, 1.82) is 0 Å². The Morgan fingerprint density at radius 2 is 1.28 bits per heavy atom. The zero-order valence-corrected chi connectivity index (χ0v) is 20.6. The summed E-state index contributed by atoms with van der Waals surface area (Å²) in [4.78, 5) is 15.2. The number of hydrogen-bond donors (Lipinski definition) is 2. The van der Waals surface area contributed by atoms with Crippen molar-refractivity contribution in [2.24, 2.45) is 0 Å². The highest BCUT2D eigenvalue weighted by Crippen LogP contribution is 2.47. The molecule has 36 heavy (non-hydrogen) atoms. The molecule has 0 aliphatic carbocycles. The molecule has 0 amide bonds. The lowest BCUT2D eigenvalue weighted by Gasteiger charge is -2.45. The predicted octanol–water partition coefficient (Wildman–Crippen LogP) is 7.45. The quantitative estimate of drug-likeness (QED) is 0.305. The van der Waals surface area contributed by atoms with Crippen molar-refractivity contribution in [3.63, 3.8) is 0 Å². The Balaban J connectivity index is 1.75. The number of hydrogen-bond acceptors (Lipinski definition) is 3. The normalized spacial score (nSPS) is 17.7. The summed E-state index contributed by atoms with van der Waals surface area (Å²) >= 11 is 0. The second kappa shape index (κ2) is 10.1. The number of para-hydroxylation sites is 2. The fraction of sp³-hybridized carbons (Fsp3) is 0.156. The van der Waals surface area contributed by atoms with E-state index in [0.29, 0.717) is 12.0 Å². The third kappa shape index (κ3) is 4.76. The second-order valence-electron chi connectivity index (χ2n) is 9.38. The topological polar surface area (TPSA) is 52.6 Å². The Morgan fingerprint density at radius 1 is 0.750 bits per heavy atom. The van der Waals surface area contributed by atoms with Crippen LogP contribution in [0.5, 0.6) is 0 Å². The van der Waals surface area contributed by atoms with Crippen molar-refractivity contribution in [3.05, 3.63) is 143 Å². The molecular formula is C32H30N2O2. The van der Waals surface area contributed by atoms with Gasteiger partial charge in [0.2, 0.25) is 0 Å². The molecule has 0 saturated carbocycles. The first-order valence-corrected chi connectivity index (χ1v) is 12.3. The zero-order valence-electron chi connectivity index (χ0n) is 20.6. The van der Waals surface area contributed by atoms with Crippen LogP contribution < -0.4 is 10.2 Å². The minimum atomic E-state index is -0.915. The average molecular weight is 475 g/mol. The van der Waals surface area contributed by atoms with Gasteiger partial charge in [-0.1, -0.05) is 96.1 Å². The lowest BCUT2D eigenvalue weighted by atomic mass is 9.84. The van der Waals surface area contributed by atoms with E-state index in [1.807, 2.05) is 55.5 Å². The Hall–Kier alpha value is -4.31. The van der Waals surface area contributed by atoms with Crippen molar-refractivity contribution < 1.29 is 9.90 Å². The molecule has 1 aliphatic heterocycles. The molecule has 4 aromatic rings. The van der Waals surface area contributed by atoms with Crippen LogP contribution in [-0.4, -0.2) is 11.1 Å². The van der Waals surface area contributed by atoms with E-state index in [1.165, 1.54) is 5.56 Å². The highest BCUT2D eigenvalue weighted by molar-refractivity contribution is 5.92. The van der Waals surface area contributed by atoms with Gasteiger partial charge in [0.15, 0.2) is 0 Å². The minimum Gasteiger partial charge on any atom is -0.478 e. The van der Waals surface area contributed by atoms with Gasteiger partial charge in [0.25, 0.3) is 0 Å². The van der Waals surface area contributed by atoms with Crippen molar-refractivity contribution in [3.8, 4) is 0 Å². The zero-order chi connectivity index (χ0) is 25.1. The highest BCUT2D eigenvalue weighted by atomic mass is 16.4. The number of nitrogens with one attached hydrogen (secondary N) is 1. The van der Waals surface area contributed by atoms with Crippen LogP contribution in [0, 0.1) is 13.8 Å². The number of carboxylic acids is 1. The average Bonchev–Trinajstić information content (AvgIpc) is 2.90. The summed E-state index contributed by atoms with van der Waals surface area (Å²) in [5, 5.41) is 14.1. The Labute approximate surface area is 212 Å². The molecule has 2 atom stereocenters. The van der Waals surface area contributed by atoms with Crippen molar-refractivity contribution >= 4 is 17.3 Å². The number of aliphatic carboxylic acids is 1. The molecule has 4 nitrogen and oxygen atoms in total. The highest BCUT2D eigenvalue weighted by Gasteiger charge is 2.41. The molecule has 0 aromatic heterocycles. The third-order valence-corrected chi connectivity index (χ3v) is 6.82. The van der Waals surface area contributed by atoms with Crippen LogP contribution in [0.25, 0.3) is 0 Å². The van der Waals surface area contributed by atoms with E-state index >= 15 is 0 Å². The number of anilines is 2. The summed E-state index contributed by atoms with van der Waals surface area (Å²) in [6.07, 6.45) is 0.539. The maximum absolute atomic E-state index is 12.9. The number of carboxylic acid groups (broad SMARTS) is 1. The molecule has 180 valence electrons. The lowest BCUT2D eigenvalue weighted by Crippen LogP contribution is -2.41. The first-order chi connectivity index (χ1) is 17.5. The number of rotatable bonds is 6. The minimum absolute atomic E-state index is 0.0615. The van der Waals surface area contributed by atoms with Gasteiger partial charge in [-0.15, -0.1) is 0 Å². The van der Waals surface area contributed by atoms with Gasteiger partial charge in [-0.05, 0) is 49.2 Å². The van der Waals surface area contributed by atoms with E-state index in [4.69, 9.17) is 0 Å². The summed E-state index contributed by atoms with van der Waals surface area (Å²) in [6.45, 7) is 4.13. The first-order valence-electron chi connectivity index (χ1n) is 12.3. The molecule has 4 heteroatoms. The van der Waals surface area contributed by atoms with Crippen molar-refractivity contribution in [2.45, 2.75) is 32.4 Å². The molecule has 5 rings (SSSR count). The fourth-order valence-electron chi connectivity index (χ4n) is 5.02. The molecule has 1 aliphatic rings. The first kappa shape index (κ1) is 23.4. The maximum Gasteiger partial charge on any atom is 0.335 e. The van der Waals surface area contributed by atoms with Gasteiger partial charge in [-0.2, -0.15) is 0 Å². The van der Waals surface area contributed by atoms with E-state index in [9.17, 15) is 9.90 Å². The van der Waals surface area contributed by atoms with E-state index < -0.39 is 12.0 Å². The van der Waals surface area contributed by atoms with E-state index in [2.05, 4.69) is 77.8 Å². The molecule has 2 unspecified atom stereocenters. The smallest absolute Gasteiger partial charge is 0.335 e. The van der Waals surface area contributed by atoms with Crippen LogP contribution in [-0.2, 0) is 4.79 Å². The monoisotopic (exact) mass is 474 g/mol. The SMILES string of the molecule is Cc1ccc(C2CC(Nc3ccccc3)=C(C(=O)O)C(c3ccc(C)cc3)N2c2ccccc2)cc1. The third-order valence-electron chi connectivity index (χ3n) is 6.82. The van der Waals surface area contributed by atoms with Gasteiger partial charge in [-0.3, -0.25) is 0 Å². The maximum atomic E-state index is 12.9. The number of nitrogens with zero attached hydrogens (tertiary/aromatic N) is 1. The van der Waals surface area contributed by atoms with Crippen LogP contribution in [0.1, 0.15) is 40.8 Å². The summed E-state index contributed by atoms with van der Waals surface area (Å²) < 4.78 is 0. The van der Waals surface area contributed by atoms with Crippen LogP contribution in [0.2, 0.25) is 0 Å². The number of aryl methyl sites for hydroxylation is 2. The van der Waals surface area contributed by atoms with E-state index in [1.54, 1.807) is 0 Å². The van der Waals surface area contributed by atoms with Gasteiger partial charge in [0, 0.05) is 23.5 Å². The molecule has 0 bridgehead atoms. The molecule has 2 N–H and O–H groups in total. The fourth-order valence-corrected chi connectivity index (χ4v) is 5.02. The van der Waals surface area contributed by atoms with Crippen LogP contribution in [0.3, 0.4) is 0 Å². The van der Waals surface area contributed by atoms with E-state index in [0.717, 1.165) is 33.8 Å². The number of benzene rings is 4. The second-order valence-corrected chi connectivity index (χ2v) is 9.38. The molecular weight excluding hydrogens is 444 g/mol. The Morgan fingerprint density at radius 3 is 1.83 bits per heavy atom. The summed E-state index contributed by atoms with van der Waals surface area (Å²) in [5.41, 5.74) is 7.41. The Bertz CT molecular complexity index is 1360. The molecule has 4 aromatic carbocycles. The Kier molecular flexibility index (Phi) is 6.59. The lowest BCUT2D eigenvalue weighted by molar-refractivity contribution is -0.133. The molecule has 0 spiro atoms. The van der Waals surface area contributed by atoms with E-state index in [-0.39, 0.29) is 6.04 Å². The van der Waals surface area contributed by atoms with Crippen LogP contribution in [0.15, 0.2) is 120 Å². The molecule has 0 saturated heterocycles. The largest absolute Gasteiger partial charge is 0.478 e. The predicted molar refractivity (Wildman–Crippen MR) is 146 cm³/mol. The van der Waals surface area contributed by atoms with Gasteiger partial charge < -0.3 is 15.3 Å². The van der Waals surface area contributed by atoms with Crippen molar-refractivity contribution in [2.75, 3.05) is 10.2 Å². The van der Waals surface area contributed by atoms with Gasteiger partial charge in [0.1, 0.15) is 0 Å². The molecule has 0 fully saturated rings. The summed E-state index contributed by atoms with van der Waals surface area (Å²) in [7, 11) is 0. The summed E-state index contributed by atoms with van der Waals surface area (Å²) in [5.74, 6) is -0.915. The van der Waals surface area contributed by atoms with Crippen LogP contribution in [0.4, 0.5) is 11.4 Å². The standard InChI is InChI=1S/C32H30N2O2/c1-22-13-17-24(18-14-22)29-21-28(33-26-9-5-3-6-10-26)30(32(35)36)31(25-19-15-23(2)16-20-25)34(29)27-11-7-4-8-12-27/h3-20,29,31,33H,21H2,1-2H3,(H,35,36).